The van der Waals surface area contributed by atoms with E-state index in [1.54, 1.807) is 24.4 Å². The zero-order valence-electron chi connectivity index (χ0n) is 12.1. The molecule has 2 aromatic heterocycles. The minimum absolute atomic E-state index is 0.151. The molecule has 0 saturated carbocycles. The molecule has 3 rings (SSSR count). The highest BCUT2D eigenvalue weighted by atomic mass is 35.5. The molecule has 0 atom stereocenters. The summed E-state index contributed by atoms with van der Waals surface area (Å²) in [5.41, 5.74) is 2.36. The van der Waals surface area contributed by atoms with Gasteiger partial charge >= 0.3 is 5.97 Å². The molecule has 5 heteroatoms. The predicted octanol–water partition coefficient (Wildman–Crippen LogP) is 4.04. The summed E-state index contributed by atoms with van der Waals surface area (Å²) in [6, 6.07) is 15.0. The lowest BCUT2D eigenvalue weighted by molar-refractivity contribution is -0.138. The summed E-state index contributed by atoms with van der Waals surface area (Å²) >= 11 is 5.70. The number of hydrogen-bond donors (Lipinski definition) is 0. The maximum absolute atomic E-state index is 11.7. The zero-order valence-corrected chi connectivity index (χ0v) is 12.9. The van der Waals surface area contributed by atoms with Crippen LogP contribution in [0, 0.1) is 0 Å². The summed E-state index contributed by atoms with van der Waals surface area (Å²) in [5, 5.41) is 1.46. The van der Waals surface area contributed by atoms with Gasteiger partial charge in [0.1, 0.15) is 11.8 Å². The Balaban J connectivity index is 1.61. The summed E-state index contributed by atoms with van der Waals surface area (Å²) in [6.45, 7) is 0.151. The number of benzene rings is 1. The van der Waals surface area contributed by atoms with Crippen molar-refractivity contribution in [1.82, 2.24) is 9.97 Å². The fourth-order valence-corrected chi connectivity index (χ4v) is 2.13. The molecule has 0 bridgehead atoms. The number of nitrogens with zero attached hydrogens (tertiary/aromatic N) is 2. The average molecular weight is 325 g/mol. The van der Waals surface area contributed by atoms with E-state index >= 15 is 0 Å². The van der Waals surface area contributed by atoms with E-state index in [0.717, 1.165) is 16.5 Å². The van der Waals surface area contributed by atoms with Gasteiger partial charge in [-0.05, 0) is 24.3 Å². The van der Waals surface area contributed by atoms with Crippen molar-refractivity contribution in [2.24, 2.45) is 0 Å². The molecule has 0 aliphatic heterocycles. The SMILES string of the molecule is O=C(/C=C/c1ccc2ccccc2n1)OCc1ccc(Cl)nc1. The summed E-state index contributed by atoms with van der Waals surface area (Å²) < 4.78 is 5.14. The fraction of sp³-hybridized carbons (Fsp3) is 0.0556. The summed E-state index contributed by atoms with van der Waals surface area (Å²) in [5.74, 6) is -0.435. The van der Waals surface area contributed by atoms with Crippen LogP contribution in [0.15, 0.2) is 60.8 Å². The summed E-state index contributed by atoms with van der Waals surface area (Å²) in [4.78, 5) is 20.1. The standard InChI is InChI=1S/C18H13ClN2O2/c19-17-9-5-13(11-20-17)12-23-18(22)10-8-15-7-6-14-3-1-2-4-16(14)21-15/h1-11H,12H2/b10-8+. The largest absolute Gasteiger partial charge is 0.458 e. The summed E-state index contributed by atoms with van der Waals surface area (Å²) in [6.07, 6.45) is 4.57. The molecule has 0 radical (unpaired) electrons. The van der Waals surface area contributed by atoms with Crippen LogP contribution < -0.4 is 0 Å². The molecule has 0 unspecified atom stereocenters. The first-order valence-corrected chi connectivity index (χ1v) is 7.39. The fourth-order valence-electron chi connectivity index (χ4n) is 2.02. The van der Waals surface area contributed by atoms with Crippen molar-refractivity contribution in [2.75, 3.05) is 0 Å². The Bertz CT molecular complexity index is 860. The molecule has 0 spiro atoms. The third-order valence-corrected chi connectivity index (χ3v) is 3.40. The van der Waals surface area contributed by atoms with Gasteiger partial charge in [-0.1, -0.05) is 41.9 Å². The van der Waals surface area contributed by atoms with Gasteiger partial charge in [0.05, 0.1) is 11.2 Å². The van der Waals surface area contributed by atoms with E-state index in [4.69, 9.17) is 16.3 Å². The number of hydrogen-bond acceptors (Lipinski definition) is 4. The molecule has 3 aromatic rings. The van der Waals surface area contributed by atoms with Gasteiger partial charge in [-0.2, -0.15) is 0 Å². The first-order valence-electron chi connectivity index (χ1n) is 7.02. The predicted molar refractivity (Wildman–Crippen MR) is 89.8 cm³/mol. The van der Waals surface area contributed by atoms with Crippen LogP contribution in [0.5, 0.6) is 0 Å². The number of aromatic nitrogens is 2. The maximum atomic E-state index is 11.7. The van der Waals surface area contributed by atoms with E-state index in [0.29, 0.717) is 10.8 Å². The van der Waals surface area contributed by atoms with Crippen LogP contribution in [-0.2, 0) is 16.1 Å². The van der Waals surface area contributed by atoms with Gasteiger partial charge in [-0.15, -0.1) is 0 Å². The van der Waals surface area contributed by atoms with Crippen molar-refractivity contribution in [3.63, 3.8) is 0 Å². The molecule has 0 aliphatic rings. The second kappa shape index (κ2) is 7.03. The van der Waals surface area contributed by atoms with Crippen LogP contribution in [0.1, 0.15) is 11.3 Å². The van der Waals surface area contributed by atoms with Gasteiger partial charge in [0.15, 0.2) is 0 Å². The molecular weight excluding hydrogens is 312 g/mol. The zero-order chi connectivity index (χ0) is 16.1. The van der Waals surface area contributed by atoms with Crippen molar-refractivity contribution >= 4 is 34.5 Å². The molecule has 0 N–H and O–H groups in total. The van der Waals surface area contributed by atoms with E-state index < -0.39 is 5.97 Å². The Labute approximate surface area is 138 Å². The Kier molecular flexibility index (Phi) is 4.64. The number of ether oxygens (including phenoxy) is 1. The van der Waals surface area contributed by atoms with Gasteiger partial charge in [-0.3, -0.25) is 0 Å². The molecule has 114 valence electrons. The topological polar surface area (TPSA) is 52.1 Å². The van der Waals surface area contributed by atoms with E-state index in [2.05, 4.69) is 9.97 Å². The Morgan fingerprint density at radius 2 is 2.00 bits per heavy atom. The van der Waals surface area contributed by atoms with E-state index in [9.17, 15) is 4.79 Å². The van der Waals surface area contributed by atoms with Crippen LogP contribution in [0.25, 0.3) is 17.0 Å². The third kappa shape index (κ3) is 4.14. The van der Waals surface area contributed by atoms with E-state index in [-0.39, 0.29) is 6.61 Å². The molecule has 23 heavy (non-hydrogen) atoms. The number of halogens is 1. The second-order valence-corrected chi connectivity index (χ2v) is 5.25. The molecule has 0 amide bonds. The minimum Gasteiger partial charge on any atom is -0.458 e. The molecule has 1 aromatic carbocycles. The van der Waals surface area contributed by atoms with Crippen molar-refractivity contribution in [3.05, 3.63) is 77.2 Å². The lowest BCUT2D eigenvalue weighted by Gasteiger charge is -2.02. The molecule has 4 nitrogen and oxygen atoms in total. The number of carbonyl (C=O) groups is 1. The maximum Gasteiger partial charge on any atom is 0.331 e. The van der Waals surface area contributed by atoms with E-state index in [1.807, 2.05) is 36.4 Å². The molecule has 0 fully saturated rings. The smallest absolute Gasteiger partial charge is 0.331 e. The summed E-state index contributed by atoms with van der Waals surface area (Å²) in [7, 11) is 0. The van der Waals surface area contributed by atoms with Gasteiger partial charge in [0, 0.05) is 23.2 Å². The van der Waals surface area contributed by atoms with Crippen molar-refractivity contribution < 1.29 is 9.53 Å². The highest BCUT2D eigenvalue weighted by Crippen LogP contribution is 2.12. The Hall–Kier alpha value is -2.72. The lowest BCUT2D eigenvalue weighted by atomic mass is 10.2. The third-order valence-electron chi connectivity index (χ3n) is 3.18. The van der Waals surface area contributed by atoms with Crippen molar-refractivity contribution in [3.8, 4) is 0 Å². The number of rotatable bonds is 4. The highest BCUT2D eigenvalue weighted by Gasteiger charge is 2.01. The van der Waals surface area contributed by atoms with Crippen LogP contribution >= 0.6 is 11.6 Å². The van der Waals surface area contributed by atoms with Crippen LogP contribution in [-0.4, -0.2) is 15.9 Å². The number of carbonyl (C=O) groups excluding carboxylic acids is 1. The number of esters is 1. The van der Waals surface area contributed by atoms with Gasteiger partial charge in [0.25, 0.3) is 0 Å². The van der Waals surface area contributed by atoms with Crippen LogP contribution in [0.4, 0.5) is 0 Å². The van der Waals surface area contributed by atoms with Gasteiger partial charge < -0.3 is 4.74 Å². The Morgan fingerprint density at radius 3 is 2.83 bits per heavy atom. The van der Waals surface area contributed by atoms with Gasteiger partial charge in [0.2, 0.25) is 0 Å². The van der Waals surface area contributed by atoms with Crippen LogP contribution in [0.2, 0.25) is 5.15 Å². The first kappa shape index (κ1) is 15.2. The minimum atomic E-state index is -0.435. The average Bonchev–Trinajstić information content (AvgIpc) is 2.59. The number of fused-ring (bicyclic) bond motifs is 1. The molecular formula is C18H13ClN2O2. The molecule has 0 aliphatic carbocycles. The van der Waals surface area contributed by atoms with Crippen molar-refractivity contribution in [2.45, 2.75) is 6.61 Å². The number of para-hydroxylation sites is 1. The monoisotopic (exact) mass is 324 g/mol. The Morgan fingerprint density at radius 1 is 1.13 bits per heavy atom. The number of pyridine rings is 2. The van der Waals surface area contributed by atoms with E-state index in [1.165, 1.54) is 6.08 Å². The molecule has 0 saturated heterocycles. The normalized spacial score (nSPS) is 11.0. The van der Waals surface area contributed by atoms with Gasteiger partial charge in [-0.25, -0.2) is 14.8 Å². The lowest BCUT2D eigenvalue weighted by Crippen LogP contribution is -2.01. The highest BCUT2D eigenvalue weighted by molar-refractivity contribution is 6.29. The quantitative estimate of drug-likeness (QED) is 0.413. The second-order valence-electron chi connectivity index (χ2n) is 4.86. The first-order chi connectivity index (χ1) is 11.2. The molecule has 2 heterocycles. The van der Waals surface area contributed by atoms with Crippen molar-refractivity contribution in [1.29, 1.82) is 0 Å². The van der Waals surface area contributed by atoms with Crippen LogP contribution in [0.3, 0.4) is 0 Å².